The van der Waals surface area contributed by atoms with Gasteiger partial charge in [0.2, 0.25) is 0 Å². The number of likely N-dealkylation sites (N-methyl/N-ethyl adjacent to an activating group) is 1. The molecule has 0 aromatic heterocycles. The molecule has 19 heavy (non-hydrogen) atoms. The molecule has 106 valence electrons. The molecule has 2 unspecified atom stereocenters. The monoisotopic (exact) mass is 261 g/mol. The van der Waals surface area contributed by atoms with Gasteiger partial charge in [0.15, 0.2) is 0 Å². The average molecular weight is 261 g/mol. The van der Waals surface area contributed by atoms with Crippen LogP contribution < -0.4 is 10.2 Å². The number of nitrogens with zero attached hydrogens (tertiary/aromatic N) is 2. The minimum Gasteiger partial charge on any atom is -0.362 e. The van der Waals surface area contributed by atoms with Crippen LogP contribution >= 0.6 is 0 Å². The molecule has 0 bridgehead atoms. The van der Waals surface area contributed by atoms with Crippen LogP contribution in [0, 0.1) is 13.8 Å². The number of rotatable bonds is 3. The summed E-state index contributed by atoms with van der Waals surface area (Å²) in [6.07, 6.45) is 0. The summed E-state index contributed by atoms with van der Waals surface area (Å²) in [5.74, 6) is 0. The molecule has 3 nitrogen and oxygen atoms in total. The molecule has 2 atom stereocenters. The Morgan fingerprint density at radius 1 is 1.21 bits per heavy atom. The van der Waals surface area contributed by atoms with Crippen LogP contribution in [-0.2, 0) is 0 Å². The first-order valence-corrected chi connectivity index (χ1v) is 7.20. The van der Waals surface area contributed by atoms with Crippen LogP contribution in [0.3, 0.4) is 0 Å². The minimum atomic E-state index is 0.542. The summed E-state index contributed by atoms with van der Waals surface area (Å²) in [4.78, 5) is 4.86. The van der Waals surface area contributed by atoms with Crippen LogP contribution in [0.25, 0.3) is 0 Å². The third-order valence-corrected chi connectivity index (χ3v) is 4.05. The van der Waals surface area contributed by atoms with E-state index in [0.717, 1.165) is 19.6 Å². The van der Waals surface area contributed by atoms with E-state index in [1.807, 2.05) is 0 Å². The molecular weight excluding hydrogens is 234 g/mol. The van der Waals surface area contributed by atoms with E-state index in [4.69, 9.17) is 0 Å². The third kappa shape index (κ3) is 3.28. The zero-order valence-electron chi connectivity index (χ0n) is 12.9. The molecule has 1 aromatic carbocycles. The summed E-state index contributed by atoms with van der Waals surface area (Å²) in [6, 6.07) is 7.93. The van der Waals surface area contributed by atoms with Gasteiger partial charge in [0.05, 0.1) is 6.04 Å². The van der Waals surface area contributed by atoms with E-state index in [2.05, 4.69) is 68.2 Å². The van der Waals surface area contributed by atoms with Gasteiger partial charge in [-0.15, -0.1) is 0 Å². The fourth-order valence-corrected chi connectivity index (χ4v) is 2.94. The molecular formula is C16H27N3. The molecule has 1 fully saturated rings. The standard InChI is InChI=1S/C16H27N3/c1-12-6-7-15(8-13(12)2)19-14(3)9-17-10-16(19)11-18(4)5/h6-8,14,16-17H,9-11H2,1-5H3. The average Bonchev–Trinajstić information content (AvgIpc) is 2.32. The number of aryl methyl sites for hydroxylation is 2. The summed E-state index contributed by atoms with van der Waals surface area (Å²) in [7, 11) is 4.30. The van der Waals surface area contributed by atoms with Gasteiger partial charge in [-0.25, -0.2) is 0 Å². The second-order valence-electron chi connectivity index (χ2n) is 6.10. The maximum absolute atomic E-state index is 3.55. The number of hydrogen-bond donors (Lipinski definition) is 1. The zero-order chi connectivity index (χ0) is 14.0. The van der Waals surface area contributed by atoms with Crippen LogP contribution in [0.2, 0.25) is 0 Å². The lowest BCUT2D eigenvalue weighted by atomic mass is 10.0. The first-order chi connectivity index (χ1) is 8.99. The molecule has 1 aliphatic heterocycles. The van der Waals surface area contributed by atoms with E-state index < -0.39 is 0 Å². The molecule has 1 aromatic rings. The van der Waals surface area contributed by atoms with Crippen molar-refractivity contribution < 1.29 is 0 Å². The number of benzene rings is 1. The molecule has 1 heterocycles. The van der Waals surface area contributed by atoms with Crippen molar-refractivity contribution in [1.82, 2.24) is 10.2 Å². The van der Waals surface area contributed by atoms with Gasteiger partial charge in [-0.3, -0.25) is 0 Å². The fourth-order valence-electron chi connectivity index (χ4n) is 2.94. The highest BCUT2D eigenvalue weighted by atomic mass is 15.3. The summed E-state index contributed by atoms with van der Waals surface area (Å²) in [5.41, 5.74) is 4.12. The number of hydrogen-bond acceptors (Lipinski definition) is 3. The predicted molar refractivity (Wildman–Crippen MR) is 83.1 cm³/mol. The summed E-state index contributed by atoms with van der Waals surface area (Å²) >= 11 is 0. The van der Waals surface area contributed by atoms with E-state index in [1.54, 1.807) is 0 Å². The second kappa shape index (κ2) is 5.93. The smallest absolute Gasteiger partial charge is 0.0544 e. The minimum absolute atomic E-state index is 0.542. The number of piperazine rings is 1. The first kappa shape index (κ1) is 14.4. The van der Waals surface area contributed by atoms with E-state index in [1.165, 1.54) is 16.8 Å². The van der Waals surface area contributed by atoms with Gasteiger partial charge < -0.3 is 15.1 Å². The quantitative estimate of drug-likeness (QED) is 0.898. The first-order valence-electron chi connectivity index (χ1n) is 7.20. The molecule has 3 heteroatoms. The predicted octanol–water partition coefficient (Wildman–Crippen LogP) is 2.03. The lowest BCUT2D eigenvalue weighted by Gasteiger charge is -2.44. The largest absolute Gasteiger partial charge is 0.362 e. The van der Waals surface area contributed by atoms with E-state index >= 15 is 0 Å². The van der Waals surface area contributed by atoms with Crippen molar-refractivity contribution in [1.29, 1.82) is 0 Å². The molecule has 2 rings (SSSR count). The van der Waals surface area contributed by atoms with Crippen molar-refractivity contribution in [3.05, 3.63) is 29.3 Å². The lowest BCUT2D eigenvalue weighted by Crippen LogP contribution is -2.59. The van der Waals surface area contributed by atoms with Gasteiger partial charge in [-0.2, -0.15) is 0 Å². The van der Waals surface area contributed by atoms with Crippen molar-refractivity contribution in [2.75, 3.05) is 38.6 Å². The third-order valence-electron chi connectivity index (χ3n) is 4.05. The van der Waals surface area contributed by atoms with Crippen LogP contribution in [0.15, 0.2) is 18.2 Å². The van der Waals surface area contributed by atoms with Gasteiger partial charge in [-0.05, 0) is 58.1 Å². The van der Waals surface area contributed by atoms with Gasteiger partial charge in [0, 0.05) is 31.4 Å². The van der Waals surface area contributed by atoms with Gasteiger partial charge >= 0.3 is 0 Å². The van der Waals surface area contributed by atoms with Crippen molar-refractivity contribution in [3.8, 4) is 0 Å². The van der Waals surface area contributed by atoms with Crippen LogP contribution in [0.5, 0.6) is 0 Å². The highest BCUT2D eigenvalue weighted by molar-refractivity contribution is 5.53. The molecule has 0 aliphatic carbocycles. The van der Waals surface area contributed by atoms with Gasteiger partial charge in [-0.1, -0.05) is 6.07 Å². The molecule has 0 spiro atoms. The summed E-state index contributed by atoms with van der Waals surface area (Å²) < 4.78 is 0. The van der Waals surface area contributed by atoms with Gasteiger partial charge in [0.25, 0.3) is 0 Å². The van der Waals surface area contributed by atoms with E-state index in [-0.39, 0.29) is 0 Å². The Bertz CT molecular complexity index is 428. The number of anilines is 1. The van der Waals surface area contributed by atoms with Gasteiger partial charge in [0.1, 0.15) is 0 Å². The van der Waals surface area contributed by atoms with Crippen LogP contribution in [0.4, 0.5) is 5.69 Å². The molecule has 0 radical (unpaired) electrons. The van der Waals surface area contributed by atoms with Crippen molar-refractivity contribution in [3.63, 3.8) is 0 Å². The van der Waals surface area contributed by atoms with Crippen molar-refractivity contribution in [2.24, 2.45) is 0 Å². The fraction of sp³-hybridized carbons (Fsp3) is 0.625. The van der Waals surface area contributed by atoms with Crippen LogP contribution in [-0.4, -0.2) is 50.7 Å². The zero-order valence-corrected chi connectivity index (χ0v) is 12.9. The Balaban J connectivity index is 2.27. The molecule has 1 N–H and O–H groups in total. The SMILES string of the molecule is Cc1ccc(N2C(C)CNCC2CN(C)C)cc1C. The highest BCUT2D eigenvalue weighted by Crippen LogP contribution is 2.24. The maximum Gasteiger partial charge on any atom is 0.0544 e. The Morgan fingerprint density at radius 2 is 1.95 bits per heavy atom. The Kier molecular flexibility index (Phi) is 4.48. The lowest BCUT2D eigenvalue weighted by molar-refractivity contribution is 0.316. The maximum atomic E-state index is 3.55. The molecule has 1 aliphatic rings. The Morgan fingerprint density at radius 3 is 2.58 bits per heavy atom. The van der Waals surface area contributed by atoms with E-state index in [0.29, 0.717) is 12.1 Å². The number of nitrogens with one attached hydrogen (secondary N) is 1. The summed E-state index contributed by atoms with van der Waals surface area (Å²) in [5, 5.41) is 3.55. The van der Waals surface area contributed by atoms with E-state index in [9.17, 15) is 0 Å². The molecule has 1 saturated heterocycles. The Labute approximate surface area is 117 Å². The highest BCUT2D eigenvalue weighted by Gasteiger charge is 2.28. The molecule has 0 saturated carbocycles. The van der Waals surface area contributed by atoms with Crippen molar-refractivity contribution in [2.45, 2.75) is 32.9 Å². The normalized spacial score (nSPS) is 24.0. The Hall–Kier alpha value is -1.06. The van der Waals surface area contributed by atoms with Crippen LogP contribution in [0.1, 0.15) is 18.1 Å². The molecule has 0 amide bonds. The second-order valence-corrected chi connectivity index (χ2v) is 6.10. The van der Waals surface area contributed by atoms with Crippen molar-refractivity contribution >= 4 is 5.69 Å². The topological polar surface area (TPSA) is 18.5 Å². The summed E-state index contributed by atoms with van der Waals surface area (Å²) in [6.45, 7) is 9.91.